The average Bonchev–Trinajstić information content (AvgIpc) is 3.06. The summed E-state index contributed by atoms with van der Waals surface area (Å²) in [7, 11) is 0. The van der Waals surface area contributed by atoms with Gasteiger partial charge in [0, 0.05) is 37.0 Å². The van der Waals surface area contributed by atoms with Crippen molar-refractivity contribution in [2.24, 2.45) is 5.41 Å². The van der Waals surface area contributed by atoms with Gasteiger partial charge in [0.15, 0.2) is 0 Å². The minimum absolute atomic E-state index is 0.0746. The van der Waals surface area contributed by atoms with E-state index >= 15 is 0 Å². The van der Waals surface area contributed by atoms with E-state index in [1.54, 1.807) is 0 Å². The number of hydrogen-bond acceptors (Lipinski definition) is 5. The Kier molecular flexibility index (Phi) is 3.75. The van der Waals surface area contributed by atoms with Crippen LogP contribution in [0.5, 0.6) is 0 Å². The first-order chi connectivity index (χ1) is 10.0. The van der Waals surface area contributed by atoms with Crippen molar-refractivity contribution in [1.29, 1.82) is 0 Å². The molecule has 0 bridgehead atoms. The molecule has 21 heavy (non-hydrogen) atoms. The van der Waals surface area contributed by atoms with Crippen LogP contribution < -0.4 is 0 Å². The molecule has 1 atom stereocenters. The molecule has 1 spiro atoms. The van der Waals surface area contributed by atoms with Gasteiger partial charge in [0.05, 0.1) is 18.8 Å². The Balaban J connectivity index is 1.68. The second-order valence-corrected chi connectivity index (χ2v) is 6.48. The maximum absolute atomic E-state index is 12.4. The van der Waals surface area contributed by atoms with Crippen LogP contribution >= 0.6 is 0 Å². The lowest BCUT2D eigenvalue weighted by Crippen LogP contribution is -2.32. The monoisotopic (exact) mass is 293 g/mol. The highest BCUT2D eigenvalue weighted by atomic mass is 16.5. The number of amides is 1. The second kappa shape index (κ2) is 5.42. The Morgan fingerprint density at radius 2 is 2.19 bits per heavy atom. The van der Waals surface area contributed by atoms with Crippen molar-refractivity contribution >= 4 is 5.91 Å². The van der Waals surface area contributed by atoms with Crippen molar-refractivity contribution in [3.05, 3.63) is 17.0 Å². The Morgan fingerprint density at radius 1 is 1.38 bits per heavy atom. The Labute approximate surface area is 124 Å². The summed E-state index contributed by atoms with van der Waals surface area (Å²) in [5.74, 6) is 1.02. The molecule has 6 heteroatoms. The third kappa shape index (κ3) is 2.70. The summed E-state index contributed by atoms with van der Waals surface area (Å²) in [6.07, 6.45) is 1.66. The number of aliphatic hydroxyl groups is 1. The molecular weight excluding hydrogens is 270 g/mol. The molecule has 3 rings (SSSR count). The maximum Gasteiger partial charge on any atom is 0.223 e. The number of likely N-dealkylation sites (tertiary alicyclic amines) is 2. The number of aryl methyl sites for hydroxylation is 2. The summed E-state index contributed by atoms with van der Waals surface area (Å²) in [6, 6.07) is 0. The zero-order valence-corrected chi connectivity index (χ0v) is 12.8. The molecule has 2 aliphatic rings. The molecule has 0 radical (unpaired) electrons. The molecule has 1 aromatic rings. The fourth-order valence-corrected chi connectivity index (χ4v) is 3.68. The maximum atomic E-state index is 12.4. The number of aromatic nitrogens is 1. The Bertz CT molecular complexity index is 523. The minimum Gasteiger partial charge on any atom is -0.395 e. The fourth-order valence-electron chi connectivity index (χ4n) is 3.68. The molecule has 3 heterocycles. The van der Waals surface area contributed by atoms with Crippen LogP contribution in [-0.2, 0) is 11.3 Å². The standard InChI is InChI=1S/C15H23N3O3/c1-11-13(12(2)21-16-11)8-18-10-15(7-14(18)20)3-4-17(9-15)5-6-19/h19H,3-10H2,1-2H3. The average molecular weight is 293 g/mol. The van der Waals surface area contributed by atoms with Crippen LogP contribution in [-0.4, -0.2) is 58.8 Å². The SMILES string of the molecule is Cc1noc(C)c1CN1CC2(CCN(CCO)C2)CC1=O. The van der Waals surface area contributed by atoms with E-state index in [9.17, 15) is 4.79 Å². The zero-order chi connectivity index (χ0) is 15.0. The highest BCUT2D eigenvalue weighted by molar-refractivity contribution is 5.79. The van der Waals surface area contributed by atoms with Crippen LogP contribution in [0.4, 0.5) is 0 Å². The van der Waals surface area contributed by atoms with Gasteiger partial charge in [-0.1, -0.05) is 5.16 Å². The molecular formula is C15H23N3O3. The number of aliphatic hydroxyl groups excluding tert-OH is 1. The van der Waals surface area contributed by atoms with Gasteiger partial charge in [-0.05, 0) is 26.8 Å². The predicted octanol–water partition coefficient (Wildman–Crippen LogP) is 0.708. The molecule has 116 valence electrons. The highest BCUT2D eigenvalue weighted by Crippen LogP contribution is 2.40. The molecule has 1 aromatic heterocycles. The van der Waals surface area contributed by atoms with Gasteiger partial charge in [-0.3, -0.25) is 4.79 Å². The Morgan fingerprint density at radius 3 is 2.86 bits per heavy atom. The summed E-state index contributed by atoms with van der Waals surface area (Å²) in [4.78, 5) is 16.6. The van der Waals surface area contributed by atoms with Crippen LogP contribution in [0.25, 0.3) is 0 Å². The minimum atomic E-state index is 0.0746. The summed E-state index contributed by atoms with van der Waals surface area (Å²) in [5.41, 5.74) is 1.98. The van der Waals surface area contributed by atoms with Gasteiger partial charge in [0.2, 0.25) is 5.91 Å². The van der Waals surface area contributed by atoms with Gasteiger partial charge < -0.3 is 19.4 Å². The number of carbonyl (C=O) groups is 1. The summed E-state index contributed by atoms with van der Waals surface area (Å²) in [6.45, 7) is 8.00. The van der Waals surface area contributed by atoms with E-state index in [1.165, 1.54) is 0 Å². The molecule has 2 fully saturated rings. The predicted molar refractivity (Wildman–Crippen MR) is 76.6 cm³/mol. The van der Waals surface area contributed by atoms with Crippen molar-refractivity contribution < 1.29 is 14.4 Å². The molecule has 0 aliphatic carbocycles. The molecule has 2 saturated heterocycles. The third-order valence-electron chi connectivity index (χ3n) is 4.87. The van der Waals surface area contributed by atoms with Crippen molar-refractivity contribution in [3.63, 3.8) is 0 Å². The van der Waals surface area contributed by atoms with Crippen molar-refractivity contribution in [3.8, 4) is 0 Å². The van der Waals surface area contributed by atoms with Crippen LogP contribution in [0.2, 0.25) is 0 Å². The lowest BCUT2D eigenvalue weighted by atomic mass is 9.86. The van der Waals surface area contributed by atoms with E-state index in [2.05, 4.69) is 10.1 Å². The number of hydrogen-bond donors (Lipinski definition) is 1. The van der Waals surface area contributed by atoms with E-state index in [0.717, 1.165) is 43.1 Å². The first-order valence-corrected chi connectivity index (χ1v) is 7.56. The van der Waals surface area contributed by atoms with Gasteiger partial charge in [-0.25, -0.2) is 0 Å². The van der Waals surface area contributed by atoms with Crippen molar-refractivity contribution in [2.45, 2.75) is 33.2 Å². The third-order valence-corrected chi connectivity index (χ3v) is 4.87. The van der Waals surface area contributed by atoms with E-state index in [-0.39, 0.29) is 17.9 Å². The fraction of sp³-hybridized carbons (Fsp3) is 0.733. The molecule has 0 saturated carbocycles. The van der Waals surface area contributed by atoms with E-state index in [0.29, 0.717) is 19.5 Å². The number of rotatable bonds is 4. The van der Waals surface area contributed by atoms with E-state index < -0.39 is 0 Å². The lowest BCUT2D eigenvalue weighted by Gasteiger charge is -2.24. The second-order valence-electron chi connectivity index (χ2n) is 6.48. The van der Waals surface area contributed by atoms with Gasteiger partial charge >= 0.3 is 0 Å². The van der Waals surface area contributed by atoms with Crippen molar-refractivity contribution in [2.75, 3.05) is 32.8 Å². The van der Waals surface area contributed by atoms with E-state index in [1.807, 2.05) is 18.7 Å². The first kappa shape index (κ1) is 14.5. The molecule has 1 amide bonds. The lowest BCUT2D eigenvalue weighted by molar-refractivity contribution is -0.128. The topological polar surface area (TPSA) is 69.8 Å². The zero-order valence-electron chi connectivity index (χ0n) is 12.8. The molecule has 1 unspecified atom stereocenters. The summed E-state index contributed by atoms with van der Waals surface area (Å²) < 4.78 is 5.18. The van der Waals surface area contributed by atoms with Crippen LogP contribution in [0.15, 0.2) is 4.52 Å². The normalized spacial score (nSPS) is 26.4. The Hall–Kier alpha value is -1.40. The number of β-amino-alcohol motifs (C(OH)–C–C–N with tert-alkyl or cyclic N) is 1. The van der Waals surface area contributed by atoms with E-state index in [4.69, 9.17) is 9.63 Å². The molecule has 1 N–H and O–H groups in total. The van der Waals surface area contributed by atoms with Crippen molar-refractivity contribution in [1.82, 2.24) is 15.0 Å². The number of carbonyl (C=O) groups excluding carboxylic acids is 1. The highest BCUT2D eigenvalue weighted by Gasteiger charge is 2.47. The van der Waals surface area contributed by atoms with Gasteiger partial charge in [-0.2, -0.15) is 0 Å². The summed E-state index contributed by atoms with van der Waals surface area (Å²) >= 11 is 0. The van der Waals surface area contributed by atoms with Gasteiger partial charge in [0.25, 0.3) is 0 Å². The quantitative estimate of drug-likeness (QED) is 0.885. The molecule has 0 aromatic carbocycles. The van der Waals surface area contributed by atoms with Crippen LogP contribution in [0.1, 0.15) is 29.9 Å². The van der Waals surface area contributed by atoms with Crippen LogP contribution in [0, 0.1) is 19.3 Å². The first-order valence-electron chi connectivity index (χ1n) is 7.56. The van der Waals surface area contributed by atoms with Gasteiger partial charge in [0.1, 0.15) is 5.76 Å². The van der Waals surface area contributed by atoms with Gasteiger partial charge in [-0.15, -0.1) is 0 Å². The number of nitrogens with zero attached hydrogens (tertiary/aromatic N) is 3. The van der Waals surface area contributed by atoms with Crippen LogP contribution in [0.3, 0.4) is 0 Å². The molecule has 6 nitrogen and oxygen atoms in total. The molecule has 2 aliphatic heterocycles. The smallest absolute Gasteiger partial charge is 0.223 e. The summed E-state index contributed by atoms with van der Waals surface area (Å²) in [5, 5.41) is 13.0. The largest absolute Gasteiger partial charge is 0.395 e.